The summed E-state index contributed by atoms with van der Waals surface area (Å²) >= 11 is 0. The van der Waals surface area contributed by atoms with Crippen molar-refractivity contribution in [3.8, 4) is 0 Å². The number of carbonyl (C=O) groups excluding carboxylic acids is 1. The number of halogens is 1. The number of nitrogens with zero attached hydrogens (tertiary/aromatic N) is 1. The van der Waals surface area contributed by atoms with Crippen molar-refractivity contribution in [2.75, 3.05) is 31.6 Å². The van der Waals surface area contributed by atoms with Crippen LogP contribution in [0.1, 0.15) is 17.5 Å². The monoisotopic (exact) mass is 406 g/mol. The van der Waals surface area contributed by atoms with Gasteiger partial charge >= 0.3 is 0 Å². The number of sulfonamides is 1. The molecule has 1 heterocycles. The molecule has 0 saturated carbocycles. The van der Waals surface area contributed by atoms with Gasteiger partial charge < -0.3 is 10.1 Å². The molecule has 1 aliphatic rings. The Morgan fingerprint density at radius 3 is 2.61 bits per heavy atom. The lowest BCUT2D eigenvalue weighted by Crippen LogP contribution is -2.40. The molecule has 0 unspecified atom stereocenters. The lowest BCUT2D eigenvalue weighted by molar-refractivity contribution is -0.116. The molecule has 0 atom stereocenters. The van der Waals surface area contributed by atoms with Crippen molar-refractivity contribution >= 4 is 21.6 Å². The number of hydrogen-bond donors (Lipinski definition) is 1. The van der Waals surface area contributed by atoms with Gasteiger partial charge in [0.2, 0.25) is 15.9 Å². The Morgan fingerprint density at radius 2 is 1.89 bits per heavy atom. The standard InChI is InChI=1S/C20H23FN2O4S/c1-15-6-8-17(14-19(15)28(25,26)23-10-12-27-13-11-23)22-20(24)9-7-16-4-2-3-5-18(16)21/h2-6,8,14H,7,9-13H2,1H3,(H,22,24). The van der Waals surface area contributed by atoms with E-state index in [4.69, 9.17) is 4.74 Å². The van der Waals surface area contributed by atoms with Gasteiger partial charge in [0.25, 0.3) is 0 Å². The van der Waals surface area contributed by atoms with Crippen LogP contribution in [0.25, 0.3) is 0 Å². The highest BCUT2D eigenvalue weighted by Gasteiger charge is 2.28. The predicted octanol–water partition coefficient (Wildman–Crippen LogP) is 2.73. The van der Waals surface area contributed by atoms with Gasteiger partial charge in [0.1, 0.15) is 5.82 Å². The van der Waals surface area contributed by atoms with Crippen LogP contribution < -0.4 is 5.32 Å². The summed E-state index contributed by atoms with van der Waals surface area (Å²) in [7, 11) is -3.66. The molecule has 0 aliphatic carbocycles. The maximum absolute atomic E-state index is 13.7. The van der Waals surface area contributed by atoms with E-state index < -0.39 is 10.0 Å². The zero-order chi connectivity index (χ0) is 20.1. The number of hydrogen-bond acceptors (Lipinski definition) is 4. The van der Waals surface area contributed by atoms with Crippen LogP contribution in [0.3, 0.4) is 0 Å². The van der Waals surface area contributed by atoms with Gasteiger partial charge in [0, 0.05) is 25.2 Å². The number of aryl methyl sites for hydroxylation is 2. The number of morpholine rings is 1. The highest BCUT2D eigenvalue weighted by atomic mass is 32.2. The summed E-state index contributed by atoms with van der Waals surface area (Å²) < 4.78 is 46.1. The van der Waals surface area contributed by atoms with E-state index in [-0.39, 0.29) is 29.5 Å². The largest absolute Gasteiger partial charge is 0.379 e. The molecular weight excluding hydrogens is 383 g/mol. The van der Waals surface area contributed by atoms with E-state index in [0.29, 0.717) is 43.1 Å². The minimum Gasteiger partial charge on any atom is -0.379 e. The molecule has 2 aromatic carbocycles. The van der Waals surface area contributed by atoms with Crippen LogP contribution in [-0.4, -0.2) is 44.9 Å². The molecule has 1 amide bonds. The van der Waals surface area contributed by atoms with Crippen LogP contribution in [-0.2, 0) is 26.0 Å². The summed E-state index contributed by atoms with van der Waals surface area (Å²) in [5, 5.41) is 2.71. The molecule has 1 saturated heterocycles. The fourth-order valence-electron chi connectivity index (χ4n) is 3.05. The average molecular weight is 406 g/mol. The zero-order valence-electron chi connectivity index (χ0n) is 15.7. The number of amides is 1. The minimum atomic E-state index is -3.66. The maximum Gasteiger partial charge on any atom is 0.243 e. The second-order valence-corrected chi connectivity index (χ2v) is 8.54. The molecule has 6 nitrogen and oxygen atoms in total. The molecule has 8 heteroatoms. The second-order valence-electron chi connectivity index (χ2n) is 6.64. The lowest BCUT2D eigenvalue weighted by Gasteiger charge is -2.26. The first-order valence-electron chi connectivity index (χ1n) is 9.10. The van der Waals surface area contributed by atoms with Crippen LogP contribution in [0, 0.1) is 12.7 Å². The number of nitrogens with one attached hydrogen (secondary N) is 1. The van der Waals surface area contributed by atoms with E-state index in [1.807, 2.05) is 0 Å². The zero-order valence-corrected chi connectivity index (χ0v) is 16.5. The predicted molar refractivity (Wildman–Crippen MR) is 104 cm³/mol. The minimum absolute atomic E-state index is 0.0976. The van der Waals surface area contributed by atoms with Gasteiger partial charge in [0.15, 0.2) is 0 Å². The number of carbonyl (C=O) groups is 1. The van der Waals surface area contributed by atoms with Gasteiger partial charge in [0.05, 0.1) is 18.1 Å². The van der Waals surface area contributed by atoms with Crippen molar-refractivity contribution in [1.29, 1.82) is 0 Å². The van der Waals surface area contributed by atoms with Crippen molar-refractivity contribution in [3.05, 3.63) is 59.4 Å². The first-order valence-corrected chi connectivity index (χ1v) is 10.5. The summed E-state index contributed by atoms with van der Waals surface area (Å²) in [5.41, 5.74) is 1.48. The summed E-state index contributed by atoms with van der Waals surface area (Å²) in [4.78, 5) is 12.4. The van der Waals surface area contributed by atoms with E-state index in [2.05, 4.69) is 5.32 Å². The first kappa shape index (κ1) is 20.4. The van der Waals surface area contributed by atoms with Gasteiger partial charge in [-0.3, -0.25) is 4.79 Å². The van der Waals surface area contributed by atoms with Gasteiger partial charge in [-0.25, -0.2) is 12.8 Å². The molecule has 0 aromatic heterocycles. The van der Waals surface area contributed by atoms with Crippen molar-refractivity contribution in [2.24, 2.45) is 0 Å². The van der Waals surface area contributed by atoms with Crippen LogP contribution in [0.4, 0.5) is 10.1 Å². The third-order valence-corrected chi connectivity index (χ3v) is 6.68. The van der Waals surface area contributed by atoms with Crippen LogP contribution in [0.15, 0.2) is 47.4 Å². The Balaban J connectivity index is 1.70. The molecule has 28 heavy (non-hydrogen) atoms. The maximum atomic E-state index is 13.7. The van der Waals surface area contributed by atoms with Crippen molar-refractivity contribution in [3.63, 3.8) is 0 Å². The van der Waals surface area contributed by atoms with E-state index in [9.17, 15) is 17.6 Å². The quantitative estimate of drug-likeness (QED) is 0.800. The lowest BCUT2D eigenvalue weighted by atomic mass is 10.1. The third kappa shape index (κ3) is 4.76. The molecular formula is C20H23FN2O4S. The average Bonchev–Trinajstić information content (AvgIpc) is 2.69. The van der Waals surface area contributed by atoms with E-state index in [1.165, 1.54) is 16.4 Å². The van der Waals surface area contributed by atoms with E-state index in [1.54, 1.807) is 37.3 Å². The first-order chi connectivity index (χ1) is 13.4. The Morgan fingerprint density at radius 1 is 1.18 bits per heavy atom. The topological polar surface area (TPSA) is 75.7 Å². The molecule has 1 N–H and O–H groups in total. The summed E-state index contributed by atoms with van der Waals surface area (Å²) in [5.74, 6) is -0.647. The molecule has 1 aliphatic heterocycles. The van der Waals surface area contributed by atoms with Gasteiger partial charge in [-0.2, -0.15) is 4.31 Å². The van der Waals surface area contributed by atoms with Gasteiger partial charge in [-0.05, 0) is 42.7 Å². The molecule has 150 valence electrons. The Bertz CT molecular complexity index is 956. The summed E-state index contributed by atoms with van der Waals surface area (Å²) in [6.07, 6.45) is 0.365. The number of benzene rings is 2. The highest BCUT2D eigenvalue weighted by molar-refractivity contribution is 7.89. The van der Waals surface area contributed by atoms with Crippen molar-refractivity contribution < 1.29 is 22.3 Å². The molecule has 1 fully saturated rings. The van der Waals surface area contributed by atoms with Gasteiger partial charge in [-0.15, -0.1) is 0 Å². The number of rotatable bonds is 6. The summed E-state index contributed by atoms with van der Waals surface area (Å²) in [6, 6.07) is 11.1. The van der Waals surface area contributed by atoms with E-state index in [0.717, 1.165) is 0 Å². The van der Waals surface area contributed by atoms with Crippen molar-refractivity contribution in [2.45, 2.75) is 24.7 Å². The van der Waals surface area contributed by atoms with Crippen LogP contribution >= 0.6 is 0 Å². The normalized spacial score (nSPS) is 15.4. The molecule has 2 aromatic rings. The Labute approximate surface area is 164 Å². The number of anilines is 1. The SMILES string of the molecule is Cc1ccc(NC(=O)CCc2ccccc2F)cc1S(=O)(=O)N1CCOCC1. The molecule has 0 spiro atoms. The molecule has 0 radical (unpaired) electrons. The molecule has 3 rings (SSSR count). The Kier molecular flexibility index (Phi) is 6.43. The number of ether oxygens (including phenoxy) is 1. The van der Waals surface area contributed by atoms with Crippen LogP contribution in [0.5, 0.6) is 0 Å². The van der Waals surface area contributed by atoms with Gasteiger partial charge in [-0.1, -0.05) is 24.3 Å². The second kappa shape index (κ2) is 8.81. The van der Waals surface area contributed by atoms with E-state index >= 15 is 0 Å². The fourth-order valence-corrected chi connectivity index (χ4v) is 4.71. The highest BCUT2D eigenvalue weighted by Crippen LogP contribution is 2.24. The Hall–Kier alpha value is -2.29. The van der Waals surface area contributed by atoms with Crippen LogP contribution in [0.2, 0.25) is 0 Å². The fraction of sp³-hybridized carbons (Fsp3) is 0.350. The summed E-state index contributed by atoms with van der Waals surface area (Å²) in [6.45, 7) is 3.06. The molecule has 0 bridgehead atoms. The third-order valence-electron chi connectivity index (χ3n) is 4.64. The van der Waals surface area contributed by atoms with Crippen molar-refractivity contribution in [1.82, 2.24) is 4.31 Å². The smallest absolute Gasteiger partial charge is 0.243 e.